The highest BCUT2D eigenvalue weighted by Crippen LogP contribution is 2.48. The molecule has 3 aromatic rings. The minimum atomic E-state index is -0.660. The van der Waals surface area contributed by atoms with Gasteiger partial charge in [-0.05, 0) is 72.7 Å². The molecule has 0 radical (unpaired) electrons. The highest BCUT2D eigenvalue weighted by molar-refractivity contribution is 5.92. The molecule has 5 nitrogen and oxygen atoms in total. The maximum Gasteiger partial charge on any atom is 0.235 e. The van der Waals surface area contributed by atoms with Crippen LogP contribution in [0, 0.1) is 23.4 Å². The van der Waals surface area contributed by atoms with Crippen LogP contribution in [0.2, 0.25) is 0 Å². The van der Waals surface area contributed by atoms with Crippen molar-refractivity contribution in [2.24, 2.45) is 5.92 Å². The van der Waals surface area contributed by atoms with Crippen molar-refractivity contribution in [2.45, 2.75) is 18.8 Å². The van der Waals surface area contributed by atoms with Crippen molar-refractivity contribution >= 4 is 16.8 Å². The summed E-state index contributed by atoms with van der Waals surface area (Å²) in [6.45, 7) is 0.351. The summed E-state index contributed by atoms with van der Waals surface area (Å²) in [5, 5.41) is 14.5. The number of aliphatic hydroxyl groups excluding tert-OH is 1. The van der Waals surface area contributed by atoms with E-state index in [9.17, 15) is 18.0 Å². The van der Waals surface area contributed by atoms with E-state index in [-0.39, 0.29) is 29.7 Å². The van der Waals surface area contributed by atoms with E-state index < -0.39 is 18.4 Å². The molecule has 0 spiro atoms. The fourth-order valence-electron chi connectivity index (χ4n) is 4.19. The molecule has 1 amide bonds. The molecule has 4 N–H and O–H groups in total. The molecule has 1 aliphatic rings. The highest BCUT2D eigenvalue weighted by Gasteiger charge is 2.34. The van der Waals surface area contributed by atoms with Crippen LogP contribution in [0.5, 0.6) is 0 Å². The quantitative estimate of drug-likeness (QED) is 0.445. The van der Waals surface area contributed by atoms with Gasteiger partial charge in [0.25, 0.3) is 0 Å². The van der Waals surface area contributed by atoms with Crippen molar-refractivity contribution in [2.75, 3.05) is 19.8 Å². The number of carbonyl (C=O) groups is 1. The Morgan fingerprint density at radius 2 is 1.83 bits per heavy atom. The summed E-state index contributed by atoms with van der Waals surface area (Å²) >= 11 is 0. The zero-order valence-electron chi connectivity index (χ0n) is 16.1. The van der Waals surface area contributed by atoms with E-state index in [1.54, 1.807) is 12.1 Å². The molecule has 1 heterocycles. The van der Waals surface area contributed by atoms with Gasteiger partial charge < -0.3 is 20.7 Å². The predicted octanol–water partition coefficient (Wildman–Crippen LogP) is 3.40. The lowest BCUT2D eigenvalue weighted by atomic mass is 9.70. The van der Waals surface area contributed by atoms with Gasteiger partial charge in [-0.1, -0.05) is 0 Å². The van der Waals surface area contributed by atoms with Gasteiger partial charge >= 0.3 is 0 Å². The van der Waals surface area contributed by atoms with Gasteiger partial charge in [0.15, 0.2) is 0 Å². The van der Waals surface area contributed by atoms with E-state index in [0.717, 1.165) is 24.5 Å². The Bertz CT molecular complexity index is 1060. The minimum absolute atomic E-state index is 0.0954. The molecular weight excluding hydrogens is 395 g/mol. The summed E-state index contributed by atoms with van der Waals surface area (Å²) in [5.74, 6) is -1.53. The Kier molecular flexibility index (Phi) is 5.78. The standard InChI is InChI=1S/C22H22F3N3O2/c23-15-3-1-13(2-4-15)21-20(17-7-16(24)8-18(25)22(17)28-21)14-5-12(6-14)9-26-10-19(30)27-11-29/h1-4,7-8,12,14,26,28-29H,5-6,9-11H2,(H,27,30). The van der Waals surface area contributed by atoms with E-state index in [1.807, 2.05) is 0 Å². The molecule has 1 fully saturated rings. The van der Waals surface area contributed by atoms with Gasteiger partial charge in [-0.15, -0.1) is 0 Å². The van der Waals surface area contributed by atoms with E-state index in [2.05, 4.69) is 15.6 Å². The van der Waals surface area contributed by atoms with Crippen molar-refractivity contribution in [3.8, 4) is 11.3 Å². The number of carbonyl (C=O) groups excluding carboxylic acids is 1. The van der Waals surface area contributed by atoms with Crippen LogP contribution in [-0.4, -0.2) is 35.8 Å². The van der Waals surface area contributed by atoms with Gasteiger partial charge in [-0.25, -0.2) is 13.2 Å². The lowest BCUT2D eigenvalue weighted by molar-refractivity contribution is -0.121. The van der Waals surface area contributed by atoms with Gasteiger partial charge in [-0.3, -0.25) is 4.79 Å². The number of fused-ring (bicyclic) bond motifs is 1. The molecule has 158 valence electrons. The zero-order valence-corrected chi connectivity index (χ0v) is 16.1. The number of aromatic amines is 1. The predicted molar refractivity (Wildman–Crippen MR) is 107 cm³/mol. The van der Waals surface area contributed by atoms with E-state index in [0.29, 0.717) is 29.1 Å². The first-order valence-electron chi connectivity index (χ1n) is 9.81. The van der Waals surface area contributed by atoms with Gasteiger partial charge in [0.2, 0.25) is 5.91 Å². The molecule has 0 unspecified atom stereocenters. The van der Waals surface area contributed by atoms with Crippen LogP contribution in [0.25, 0.3) is 22.2 Å². The lowest BCUT2D eigenvalue weighted by Gasteiger charge is -2.36. The minimum Gasteiger partial charge on any atom is -0.377 e. The van der Waals surface area contributed by atoms with Crippen molar-refractivity contribution in [1.29, 1.82) is 0 Å². The summed E-state index contributed by atoms with van der Waals surface area (Å²) in [6, 6.07) is 8.10. The van der Waals surface area contributed by atoms with Crippen LogP contribution in [0.3, 0.4) is 0 Å². The first kappa shape index (κ1) is 20.4. The molecular formula is C22H22F3N3O2. The number of H-pyrrole nitrogens is 1. The average Bonchev–Trinajstić information content (AvgIpc) is 3.03. The molecule has 30 heavy (non-hydrogen) atoms. The number of nitrogens with one attached hydrogen (secondary N) is 3. The number of hydrogen-bond donors (Lipinski definition) is 4. The SMILES string of the molecule is O=C(CNCC1CC(c2c(-c3ccc(F)cc3)[nH]c3c(F)cc(F)cc23)C1)NCO. The number of rotatable bonds is 7. The van der Waals surface area contributed by atoms with Crippen LogP contribution < -0.4 is 10.6 Å². The van der Waals surface area contributed by atoms with E-state index >= 15 is 0 Å². The summed E-state index contributed by atoms with van der Waals surface area (Å²) in [6.07, 6.45) is 1.60. The maximum absolute atomic E-state index is 14.4. The zero-order chi connectivity index (χ0) is 21.3. The number of benzene rings is 2. The molecule has 0 aliphatic heterocycles. The number of halogens is 3. The molecule has 1 aliphatic carbocycles. The Balaban J connectivity index is 1.57. The van der Waals surface area contributed by atoms with E-state index in [4.69, 9.17) is 5.11 Å². The third kappa shape index (κ3) is 4.06. The Hall–Kier alpha value is -2.84. The molecule has 1 saturated carbocycles. The Labute approximate surface area is 171 Å². The Morgan fingerprint density at radius 1 is 1.10 bits per heavy atom. The van der Waals surface area contributed by atoms with Crippen molar-refractivity contribution < 1.29 is 23.1 Å². The highest BCUT2D eigenvalue weighted by atomic mass is 19.1. The summed E-state index contributed by atoms with van der Waals surface area (Å²) < 4.78 is 41.7. The number of amides is 1. The van der Waals surface area contributed by atoms with Crippen molar-refractivity contribution in [3.63, 3.8) is 0 Å². The van der Waals surface area contributed by atoms with Crippen LogP contribution in [0.15, 0.2) is 36.4 Å². The van der Waals surface area contributed by atoms with Crippen LogP contribution in [0.1, 0.15) is 24.3 Å². The third-order valence-corrected chi connectivity index (χ3v) is 5.64. The number of aliphatic hydroxyl groups is 1. The molecule has 1 aromatic heterocycles. The van der Waals surface area contributed by atoms with Gasteiger partial charge in [0.05, 0.1) is 17.8 Å². The van der Waals surface area contributed by atoms with Crippen molar-refractivity contribution in [1.82, 2.24) is 15.6 Å². The van der Waals surface area contributed by atoms with Crippen LogP contribution in [0.4, 0.5) is 13.2 Å². The number of hydrogen-bond acceptors (Lipinski definition) is 3. The fourth-order valence-corrected chi connectivity index (χ4v) is 4.19. The molecule has 2 aromatic carbocycles. The molecule has 8 heteroatoms. The largest absolute Gasteiger partial charge is 0.377 e. The second kappa shape index (κ2) is 8.49. The normalized spacial score (nSPS) is 18.4. The third-order valence-electron chi connectivity index (χ3n) is 5.64. The first-order chi connectivity index (χ1) is 14.5. The summed E-state index contributed by atoms with van der Waals surface area (Å²) in [4.78, 5) is 14.5. The monoisotopic (exact) mass is 417 g/mol. The first-order valence-corrected chi connectivity index (χ1v) is 9.81. The summed E-state index contributed by atoms with van der Waals surface area (Å²) in [7, 11) is 0. The topological polar surface area (TPSA) is 77.2 Å². The van der Waals surface area contributed by atoms with Crippen LogP contribution in [-0.2, 0) is 4.79 Å². The molecule has 0 atom stereocenters. The van der Waals surface area contributed by atoms with E-state index in [1.165, 1.54) is 18.2 Å². The molecule has 4 rings (SSSR count). The lowest BCUT2D eigenvalue weighted by Crippen LogP contribution is -2.38. The second-order valence-electron chi connectivity index (χ2n) is 7.65. The second-order valence-corrected chi connectivity index (χ2v) is 7.65. The smallest absolute Gasteiger partial charge is 0.235 e. The average molecular weight is 417 g/mol. The number of aromatic nitrogens is 1. The maximum atomic E-state index is 14.4. The summed E-state index contributed by atoms with van der Waals surface area (Å²) in [5.41, 5.74) is 2.47. The van der Waals surface area contributed by atoms with Gasteiger partial charge in [0, 0.05) is 11.5 Å². The van der Waals surface area contributed by atoms with Crippen LogP contribution >= 0.6 is 0 Å². The molecule has 0 saturated heterocycles. The Morgan fingerprint density at radius 3 is 2.53 bits per heavy atom. The van der Waals surface area contributed by atoms with Crippen molar-refractivity contribution in [3.05, 3.63) is 59.4 Å². The fraction of sp³-hybridized carbons (Fsp3) is 0.318. The molecule has 0 bridgehead atoms. The van der Waals surface area contributed by atoms with Gasteiger partial charge in [0.1, 0.15) is 24.2 Å². The van der Waals surface area contributed by atoms with Gasteiger partial charge in [-0.2, -0.15) is 0 Å².